The third kappa shape index (κ3) is 5.47. The van der Waals surface area contributed by atoms with Crippen molar-refractivity contribution in [2.45, 2.75) is 56.5 Å². The zero-order chi connectivity index (χ0) is 24.2. The molecular weight excluding hydrogens is 510 g/mol. The Hall–Kier alpha value is -2.38. The summed E-state index contributed by atoms with van der Waals surface area (Å²) in [5.74, 6) is 0.132. The Balaban J connectivity index is 1.55. The molecule has 2 heterocycles. The van der Waals surface area contributed by atoms with Crippen molar-refractivity contribution in [2.24, 2.45) is 7.05 Å². The second-order valence-electron chi connectivity index (χ2n) is 8.80. The molecule has 2 aromatic carbocycles. The molecule has 1 unspecified atom stereocenters. The highest BCUT2D eigenvalue weighted by Crippen LogP contribution is 2.29. The van der Waals surface area contributed by atoms with Crippen LogP contribution in [0.25, 0.3) is 0 Å². The van der Waals surface area contributed by atoms with E-state index in [0.717, 1.165) is 41.5 Å². The van der Waals surface area contributed by atoms with Crippen LogP contribution < -0.4 is 5.56 Å². The molecule has 1 aromatic heterocycles. The van der Waals surface area contributed by atoms with Crippen LogP contribution in [0.2, 0.25) is 0 Å². The van der Waals surface area contributed by atoms with Gasteiger partial charge in [0, 0.05) is 42.3 Å². The van der Waals surface area contributed by atoms with Gasteiger partial charge in [-0.15, -0.1) is 0 Å². The molecular formula is C27H30BrN3O2S. The second-order valence-corrected chi connectivity index (χ2v) is 10.9. The number of aromatic nitrogens is 2. The van der Waals surface area contributed by atoms with Crippen LogP contribution in [0.1, 0.15) is 47.7 Å². The molecule has 0 spiro atoms. The van der Waals surface area contributed by atoms with E-state index in [0.29, 0.717) is 23.7 Å². The Morgan fingerprint density at radius 2 is 1.85 bits per heavy atom. The molecule has 0 N–H and O–H groups in total. The van der Waals surface area contributed by atoms with Crippen LogP contribution in [0.3, 0.4) is 0 Å². The molecule has 178 valence electrons. The summed E-state index contributed by atoms with van der Waals surface area (Å²) in [4.78, 5) is 33.5. The first-order valence-corrected chi connectivity index (χ1v) is 13.4. The number of hydrogen-bond acceptors (Lipinski definition) is 4. The normalized spacial score (nSPS) is 14.1. The monoisotopic (exact) mass is 539 g/mol. The lowest BCUT2D eigenvalue weighted by Crippen LogP contribution is -2.41. The molecule has 0 fully saturated rings. The molecule has 0 saturated carbocycles. The summed E-state index contributed by atoms with van der Waals surface area (Å²) >= 11 is 4.88. The zero-order valence-corrected chi connectivity index (χ0v) is 22.3. The number of carbonyl (C=O) groups excluding carboxylic acids is 1. The molecule has 0 bridgehead atoms. The Morgan fingerprint density at radius 3 is 2.56 bits per heavy atom. The molecule has 1 amide bonds. The van der Waals surface area contributed by atoms with Crippen molar-refractivity contribution < 1.29 is 4.79 Å². The Kier molecular flexibility index (Phi) is 7.94. The van der Waals surface area contributed by atoms with Crippen molar-refractivity contribution >= 4 is 33.6 Å². The van der Waals surface area contributed by atoms with Gasteiger partial charge in [-0.1, -0.05) is 77.4 Å². The number of thioether (sulfide) groups is 1. The van der Waals surface area contributed by atoms with Crippen molar-refractivity contribution in [3.63, 3.8) is 0 Å². The first-order chi connectivity index (χ1) is 16.4. The molecule has 3 aromatic rings. The molecule has 0 aliphatic carbocycles. The van der Waals surface area contributed by atoms with Gasteiger partial charge in [-0.25, -0.2) is 4.98 Å². The van der Waals surface area contributed by atoms with Crippen LogP contribution in [-0.4, -0.2) is 32.2 Å². The second kappa shape index (κ2) is 10.9. The average Bonchev–Trinajstić information content (AvgIpc) is 2.85. The summed E-state index contributed by atoms with van der Waals surface area (Å²) in [6.07, 6.45) is 3.06. The smallest absolute Gasteiger partial charge is 0.257 e. The number of nitrogens with zero attached hydrogens (tertiary/aromatic N) is 3. The van der Waals surface area contributed by atoms with E-state index < -0.39 is 0 Å². The molecule has 34 heavy (non-hydrogen) atoms. The van der Waals surface area contributed by atoms with Crippen molar-refractivity contribution in [2.75, 3.05) is 6.54 Å². The van der Waals surface area contributed by atoms with Gasteiger partial charge in [-0.3, -0.25) is 14.2 Å². The summed E-state index contributed by atoms with van der Waals surface area (Å²) in [7, 11) is 1.76. The van der Waals surface area contributed by atoms with Gasteiger partial charge in [-0.2, -0.15) is 0 Å². The number of aryl methyl sites for hydroxylation is 1. The van der Waals surface area contributed by atoms with Gasteiger partial charge in [0.2, 0.25) is 5.91 Å². The maximum atomic E-state index is 13.5. The van der Waals surface area contributed by atoms with Gasteiger partial charge in [0.05, 0.1) is 5.25 Å². The molecule has 4 rings (SSSR count). The lowest BCUT2D eigenvalue weighted by atomic mass is 9.99. The minimum Gasteiger partial charge on any atom is -0.337 e. The standard InChI is InChI=1S/C27H30BrN3O2S/c1-4-7-24(26(33)31-15-14-20-8-5-6-9-21(20)17-31)34-27-29-18(2)23(25(32)30(27)3)16-19-10-12-22(28)13-11-19/h5-6,8-13,24H,4,7,14-17H2,1-3H3. The largest absolute Gasteiger partial charge is 0.337 e. The summed E-state index contributed by atoms with van der Waals surface area (Å²) < 4.78 is 2.61. The van der Waals surface area contributed by atoms with Crippen molar-refractivity contribution in [1.29, 1.82) is 0 Å². The fourth-order valence-electron chi connectivity index (χ4n) is 4.36. The predicted octanol–water partition coefficient (Wildman–Crippen LogP) is 5.29. The summed E-state index contributed by atoms with van der Waals surface area (Å²) in [5.41, 5.74) is 4.99. The first kappa shape index (κ1) is 24.7. The van der Waals surface area contributed by atoms with Crippen LogP contribution in [0.15, 0.2) is 63.0 Å². The molecule has 7 heteroatoms. The number of hydrogen-bond donors (Lipinski definition) is 0. The maximum absolute atomic E-state index is 13.5. The van der Waals surface area contributed by atoms with E-state index in [4.69, 9.17) is 4.98 Å². The molecule has 1 aliphatic heterocycles. The SMILES string of the molecule is CCCC(Sc1nc(C)c(Cc2ccc(Br)cc2)c(=O)n1C)C(=O)N1CCc2ccccc2C1. The van der Waals surface area contributed by atoms with Gasteiger partial charge in [0.1, 0.15) is 0 Å². The van der Waals surface area contributed by atoms with Crippen molar-refractivity contribution in [1.82, 2.24) is 14.5 Å². The molecule has 0 radical (unpaired) electrons. The fourth-order valence-corrected chi connectivity index (χ4v) is 5.91. The van der Waals surface area contributed by atoms with Crippen molar-refractivity contribution in [3.05, 3.63) is 91.3 Å². The van der Waals surface area contributed by atoms with Gasteiger partial charge in [-0.05, 0) is 48.6 Å². The van der Waals surface area contributed by atoms with E-state index >= 15 is 0 Å². The number of rotatable bonds is 7. The highest BCUT2D eigenvalue weighted by atomic mass is 79.9. The lowest BCUT2D eigenvalue weighted by molar-refractivity contribution is -0.131. The molecule has 5 nitrogen and oxygen atoms in total. The Bertz CT molecular complexity index is 1240. The number of fused-ring (bicyclic) bond motifs is 1. The number of benzene rings is 2. The first-order valence-electron chi connectivity index (χ1n) is 11.7. The minimum absolute atomic E-state index is 0.0486. The van der Waals surface area contributed by atoms with Gasteiger partial charge in [0.15, 0.2) is 5.16 Å². The minimum atomic E-state index is -0.259. The van der Waals surface area contributed by atoms with Crippen LogP contribution in [0, 0.1) is 6.92 Å². The van der Waals surface area contributed by atoms with E-state index in [9.17, 15) is 9.59 Å². The van der Waals surface area contributed by atoms with Crippen LogP contribution in [0.5, 0.6) is 0 Å². The van der Waals surface area contributed by atoms with Gasteiger partial charge < -0.3 is 4.90 Å². The quantitative estimate of drug-likeness (QED) is 0.302. The highest BCUT2D eigenvalue weighted by molar-refractivity contribution is 9.10. The topological polar surface area (TPSA) is 55.2 Å². The average molecular weight is 541 g/mol. The summed E-state index contributed by atoms with van der Waals surface area (Å²) in [6, 6.07) is 16.3. The Labute approximate surface area is 213 Å². The predicted molar refractivity (Wildman–Crippen MR) is 141 cm³/mol. The van der Waals surface area contributed by atoms with Crippen LogP contribution in [0.4, 0.5) is 0 Å². The fraction of sp³-hybridized carbons (Fsp3) is 0.370. The number of carbonyl (C=O) groups is 1. The third-order valence-electron chi connectivity index (χ3n) is 6.36. The van der Waals surface area contributed by atoms with E-state index in [1.807, 2.05) is 42.2 Å². The van der Waals surface area contributed by atoms with Gasteiger partial charge in [0.25, 0.3) is 5.56 Å². The highest BCUT2D eigenvalue weighted by Gasteiger charge is 2.29. The molecule has 1 aliphatic rings. The van der Waals surface area contributed by atoms with E-state index in [1.54, 1.807) is 11.6 Å². The number of amides is 1. The number of halogens is 1. The van der Waals surface area contributed by atoms with Crippen LogP contribution >= 0.6 is 27.7 Å². The van der Waals surface area contributed by atoms with E-state index in [-0.39, 0.29) is 16.7 Å². The van der Waals surface area contributed by atoms with Crippen molar-refractivity contribution in [3.8, 4) is 0 Å². The molecule has 0 saturated heterocycles. The maximum Gasteiger partial charge on any atom is 0.257 e. The van der Waals surface area contributed by atoms with Gasteiger partial charge >= 0.3 is 0 Å². The van der Waals surface area contributed by atoms with E-state index in [1.165, 1.54) is 22.9 Å². The lowest BCUT2D eigenvalue weighted by Gasteiger charge is -2.31. The van der Waals surface area contributed by atoms with E-state index in [2.05, 4.69) is 41.1 Å². The summed E-state index contributed by atoms with van der Waals surface area (Å²) in [5, 5.41) is 0.344. The zero-order valence-electron chi connectivity index (χ0n) is 19.9. The third-order valence-corrected chi connectivity index (χ3v) is 8.19. The summed E-state index contributed by atoms with van der Waals surface area (Å²) in [6.45, 7) is 5.35. The molecule has 1 atom stereocenters. The Morgan fingerprint density at radius 1 is 1.15 bits per heavy atom. The van der Waals surface area contributed by atoms with Crippen LogP contribution in [-0.2, 0) is 31.2 Å².